The molecule has 0 aliphatic carbocycles. The van der Waals surface area contributed by atoms with Crippen molar-refractivity contribution >= 4 is 18.0 Å². The molecule has 7 nitrogen and oxygen atoms in total. The number of carbonyl (C=O) groups is 3. The van der Waals surface area contributed by atoms with Gasteiger partial charge in [-0.3, -0.25) is 0 Å². The van der Waals surface area contributed by atoms with Crippen LogP contribution >= 0.6 is 0 Å². The van der Waals surface area contributed by atoms with Crippen LogP contribution in [0.4, 0.5) is 4.79 Å². The van der Waals surface area contributed by atoms with Gasteiger partial charge in [-0.15, -0.1) is 0 Å². The van der Waals surface area contributed by atoms with Gasteiger partial charge in [0.05, 0.1) is 20.7 Å². The Morgan fingerprint density at radius 3 is 1.71 bits per heavy atom. The number of carbonyl (C=O) groups excluding carboxylic acids is 2. The molecular weight excluding hydrogens is 314 g/mol. The maximum Gasteiger partial charge on any atom is 0.513 e. The summed E-state index contributed by atoms with van der Waals surface area (Å²) >= 11 is 0. The van der Waals surface area contributed by atoms with Crippen molar-refractivity contribution in [3.05, 3.63) is 24.3 Å². The zero-order chi connectivity index (χ0) is 19.3. The maximum atomic E-state index is 10.9. The highest BCUT2D eigenvalue weighted by atomic mass is 16.5. The summed E-state index contributed by atoms with van der Waals surface area (Å²) in [5.74, 6) is -0.774. The number of quaternary nitrogens is 1. The molecule has 0 saturated carbocycles. The molecule has 0 rings (SSSR count). The van der Waals surface area contributed by atoms with E-state index in [4.69, 9.17) is 14.6 Å². The molecule has 0 fully saturated rings. The Labute approximate surface area is 144 Å². The van der Waals surface area contributed by atoms with Crippen LogP contribution in [0.15, 0.2) is 24.3 Å². The number of hydrogen-bond donors (Lipinski definition) is 1. The van der Waals surface area contributed by atoms with Crippen molar-refractivity contribution in [1.29, 1.82) is 0 Å². The van der Waals surface area contributed by atoms with E-state index in [9.17, 15) is 14.4 Å². The molecule has 7 heteroatoms. The van der Waals surface area contributed by atoms with Gasteiger partial charge in [-0.05, 0) is 20.3 Å². The van der Waals surface area contributed by atoms with Crippen molar-refractivity contribution in [1.82, 2.24) is 0 Å². The molecule has 0 aromatic rings. The predicted molar refractivity (Wildman–Crippen MR) is 91.5 cm³/mol. The van der Waals surface area contributed by atoms with E-state index < -0.39 is 12.1 Å². The van der Waals surface area contributed by atoms with E-state index in [0.717, 1.165) is 12.8 Å². The smallest absolute Gasteiger partial charge is 0.462 e. The van der Waals surface area contributed by atoms with Crippen LogP contribution in [-0.4, -0.2) is 61.5 Å². The van der Waals surface area contributed by atoms with Crippen LogP contribution in [0.3, 0.4) is 0 Å². The zero-order valence-corrected chi connectivity index (χ0v) is 15.4. The van der Waals surface area contributed by atoms with Crippen LogP contribution in [0.25, 0.3) is 0 Å². The van der Waals surface area contributed by atoms with Crippen LogP contribution in [0.5, 0.6) is 0 Å². The number of amides is 1. The second kappa shape index (κ2) is 12.3. The molecule has 0 unspecified atom stereocenters. The second-order valence-electron chi connectivity index (χ2n) is 5.88. The van der Waals surface area contributed by atoms with Crippen molar-refractivity contribution in [2.45, 2.75) is 33.6 Å². The number of esters is 2. The van der Waals surface area contributed by atoms with Gasteiger partial charge in [-0.1, -0.05) is 26.5 Å². The Hall–Kier alpha value is -2.15. The number of hydrogen-bond acceptors (Lipinski definition) is 5. The quantitative estimate of drug-likeness (QED) is 0.315. The van der Waals surface area contributed by atoms with Gasteiger partial charge in [-0.2, -0.15) is 4.79 Å². The van der Waals surface area contributed by atoms with E-state index in [-0.39, 0.29) is 23.6 Å². The lowest BCUT2D eigenvalue weighted by atomic mass is 10.3. The van der Waals surface area contributed by atoms with Gasteiger partial charge in [0.15, 0.2) is 0 Å². The average molecular weight is 344 g/mol. The summed E-state index contributed by atoms with van der Waals surface area (Å²) in [5, 5.41) is 8.73. The van der Waals surface area contributed by atoms with Crippen molar-refractivity contribution in [3.63, 3.8) is 0 Å². The van der Waals surface area contributed by atoms with Gasteiger partial charge in [0.2, 0.25) is 0 Å². The molecule has 1 amide bonds. The minimum Gasteiger partial charge on any atom is -0.462 e. The van der Waals surface area contributed by atoms with Gasteiger partial charge in [0.25, 0.3) is 0 Å². The lowest BCUT2D eigenvalue weighted by Crippen LogP contribution is -2.46. The number of nitrogens with zero attached hydrogens (tertiary/aromatic N) is 1. The van der Waals surface area contributed by atoms with Gasteiger partial charge < -0.3 is 14.6 Å². The molecule has 0 atom stereocenters. The number of likely N-dealkylation sites (N-methyl/N-ethyl adjacent to an activating group) is 1. The van der Waals surface area contributed by atoms with E-state index in [0.29, 0.717) is 17.8 Å². The number of unbranched alkanes of at least 4 members (excludes halogenated alkanes) is 1. The Morgan fingerprint density at radius 1 is 0.958 bits per heavy atom. The minimum absolute atomic E-state index is 0.0744. The Morgan fingerprint density at radius 2 is 1.38 bits per heavy atom. The molecule has 138 valence electrons. The van der Waals surface area contributed by atoms with Gasteiger partial charge in [-0.25, -0.2) is 14.1 Å². The molecule has 0 aliphatic heterocycles. The first-order chi connectivity index (χ1) is 11.0. The van der Waals surface area contributed by atoms with Crippen molar-refractivity contribution in [2.24, 2.45) is 0 Å². The van der Waals surface area contributed by atoms with E-state index >= 15 is 0 Å². The van der Waals surface area contributed by atoms with E-state index in [1.54, 1.807) is 13.8 Å². The highest BCUT2D eigenvalue weighted by molar-refractivity contribution is 5.87. The highest BCUT2D eigenvalue weighted by Gasteiger charge is 2.25. The lowest BCUT2D eigenvalue weighted by Gasteiger charge is -2.21. The topological polar surface area (TPSA) is 89.9 Å². The minimum atomic E-state index is -0.962. The molecule has 0 radical (unpaired) electrons. The molecule has 1 N–H and O–H groups in total. The lowest BCUT2D eigenvalue weighted by molar-refractivity contribution is -0.816. The maximum absolute atomic E-state index is 10.9. The normalized spacial score (nSPS) is 10.0. The predicted octanol–water partition coefficient (Wildman–Crippen LogP) is 2.77. The molecular formula is C17H30NO6+. The average Bonchev–Trinajstić information content (AvgIpc) is 2.47. The molecule has 0 aliphatic rings. The van der Waals surface area contributed by atoms with Crippen LogP contribution < -0.4 is 0 Å². The molecule has 0 aromatic heterocycles. The SMILES string of the molecule is C=C(C)C(=O)OCCCC.C=C(C)C(=O)OCC[N+](C)(C)C(=O)O. The zero-order valence-electron chi connectivity index (χ0n) is 15.4. The highest BCUT2D eigenvalue weighted by Crippen LogP contribution is 1.99. The molecule has 0 bridgehead atoms. The Balaban J connectivity index is 0. The van der Waals surface area contributed by atoms with Crippen LogP contribution in [0.2, 0.25) is 0 Å². The van der Waals surface area contributed by atoms with E-state index in [1.807, 2.05) is 0 Å². The summed E-state index contributed by atoms with van der Waals surface area (Å²) in [6, 6.07) is 0. The summed E-state index contributed by atoms with van der Waals surface area (Å²) in [6.45, 7) is 12.9. The summed E-state index contributed by atoms with van der Waals surface area (Å²) in [5.41, 5.74) is 0.779. The summed E-state index contributed by atoms with van der Waals surface area (Å²) in [4.78, 5) is 32.3. The Bertz CT molecular complexity index is 468. The first-order valence-corrected chi connectivity index (χ1v) is 7.67. The standard InChI is InChI=1S/C9H15NO4.C8H14O2/c1-7(2)8(11)14-6-5-10(3,4)9(12)13;1-4-5-6-10-8(9)7(2)3/h1,5-6H2,2-4H3;2,4-6H2,1,3H3/p+1. The summed E-state index contributed by atoms with van der Waals surface area (Å²) in [7, 11) is 3.05. The van der Waals surface area contributed by atoms with Crippen LogP contribution in [0.1, 0.15) is 33.6 Å². The van der Waals surface area contributed by atoms with Crippen LogP contribution in [0, 0.1) is 0 Å². The van der Waals surface area contributed by atoms with Crippen molar-refractivity contribution in [3.8, 4) is 0 Å². The van der Waals surface area contributed by atoms with Gasteiger partial charge in [0, 0.05) is 11.1 Å². The third kappa shape index (κ3) is 12.4. The second-order valence-corrected chi connectivity index (χ2v) is 5.88. The number of ether oxygens (including phenoxy) is 2. The number of carboxylic acid groups (broad SMARTS) is 1. The third-order valence-electron chi connectivity index (χ3n) is 2.83. The largest absolute Gasteiger partial charge is 0.513 e. The molecule has 0 saturated heterocycles. The summed E-state index contributed by atoms with van der Waals surface area (Å²) in [6.07, 6.45) is 1.01. The number of rotatable bonds is 8. The fraction of sp³-hybridized carbons (Fsp3) is 0.588. The molecule has 0 aromatic carbocycles. The molecule has 0 spiro atoms. The van der Waals surface area contributed by atoms with Crippen LogP contribution in [-0.2, 0) is 19.1 Å². The fourth-order valence-electron chi connectivity index (χ4n) is 1.02. The first kappa shape index (κ1) is 24.1. The van der Waals surface area contributed by atoms with Gasteiger partial charge in [0.1, 0.15) is 13.2 Å². The monoisotopic (exact) mass is 344 g/mol. The fourth-order valence-corrected chi connectivity index (χ4v) is 1.02. The van der Waals surface area contributed by atoms with Crippen molar-refractivity contribution in [2.75, 3.05) is 33.9 Å². The molecule has 0 heterocycles. The first-order valence-electron chi connectivity index (χ1n) is 7.67. The Kier molecular flexibility index (Phi) is 12.3. The summed E-state index contributed by atoms with van der Waals surface area (Å²) < 4.78 is 9.34. The van der Waals surface area contributed by atoms with Gasteiger partial charge >= 0.3 is 18.0 Å². The van der Waals surface area contributed by atoms with E-state index in [1.165, 1.54) is 14.1 Å². The third-order valence-corrected chi connectivity index (χ3v) is 2.83. The van der Waals surface area contributed by atoms with E-state index in [2.05, 4.69) is 20.1 Å². The van der Waals surface area contributed by atoms with Crippen molar-refractivity contribution < 1.29 is 33.4 Å². The molecule has 24 heavy (non-hydrogen) atoms.